The average Bonchev–Trinajstić information content (AvgIpc) is 3.63. The molecule has 1 aliphatic heterocycles. The van der Waals surface area contributed by atoms with Gasteiger partial charge in [0.15, 0.2) is 5.78 Å². The minimum absolute atomic E-state index is 0.0675. The molecule has 262 valence electrons. The van der Waals surface area contributed by atoms with Gasteiger partial charge < -0.3 is 25.2 Å². The summed E-state index contributed by atoms with van der Waals surface area (Å²) in [7, 11) is 0. The van der Waals surface area contributed by atoms with Crippen LogP contribution in [0, 0.1) is 11.2 Å². The van der Waals surface area contributed by atoms with Gasteiger partial charge >= 0.3 is 6.03 Å². The molecule has 2 aromatic carbocycles. The van der Waals surface area contributed by atoms with Crippen molar-refractivity contribution in [3.63, 3.8) is 0 Å². The molecule has 9 heteroatoms. The number of benzene rings is 2. The van der Waals surface area contributed by atoms with Crippen molar-refractivity contribution in [1.29, 1.82) is 0 Å². The standard InChI is InChI=1S/C39H52ClFN2O5/c1-25(2)42-37(46)43(23-29-9-7-19-48-29)24-39(47)18-16-33-30-15-13-27(20-28(44)14-12-26(3)8-6-17-38(33,39)4)21-31(30)36(45)22-32-34(40)10-5-11-35(32)41/h5,8,10-11,13,15,21,25,28-29,33,44,47H,6-7,9,12,14,16-20,22-24H2,1-4H3,(H,42,46). The highest BCUT2D eigenvalue weighted by Crippen LogP contribution is 2.59. The van der Waals surface area contributed by atoms with Crippen LogP contribution in [0.1, 0.15) is 112 Å². The van der Waals surface area contributed by atoms with Crippen molar-refractivity contribution in [3.05, 3.63) is 81.1 Å². The largest absolute Gasteiger partial charge is 0.393 e. The van der Waals surface area contributed by atoms with Crippen LogP contribution in [0.25, 0.3) is 0 Å². The summed E-state index contributed by atoms with van der Waals surface area (Å²) in [6.07, 6.45) is 7.26. The Morgan fingerprint density at radius 3 is 2.67 bits per heavy atom. The molecule has 1 saturated heterocycles. The molecule has 0 spiro atoms. The van der Waals surface area contributed by atoms with Gasteiger partial charge in [-0.05, 0) is 114 Å². The fraction of sp³-hybridized carbons (Fsp3) is 0.590. The van der Waals surface area contributed by atoms with Crippen molar-refractivity contribution < 1.29 is 28.9 Å². The van der Waals surface area contributed by atoms with Crippen LogP contribution in [0.2, 0.25) is 5.02 Å². The third-order valence-corrected chi connectivity index (χ3v) is 11.3. The molecule has 7 nitrogen and oxygen atoms in total. The number of nitrogens with one attached hydrogen (secondary N) is 1. The number of hydrogen-bond donors (Lipinski definition) is 3. The van der Waals surface area contributed by atoms with Crippen LogP contribution in [-0.4, -0.2) is 70.5 Å². The molecular formula is C39H52ClFN2O5. The lowest BCUT2D eigenvalue weighted by Gasteiger charge is -2.46. The fourth-order valence-corrected chi connectivity index (χ4v) is 8.34. The molecule has 48 heavy (non-hydrogen) atoms. The molecule has 1 heterocycles. The lowest BCUT2D eigenvalue weighted by Crippen LogP contribution is -2.57. The highest BCUT2D eigenvalue weighted by molar-refractivity contribution is 6.31. The van der Waals surface area contributed by atoms with Crippen molar-refractivity contribution in [3.8, 4) is 0 Å². The van der Waals surface area contributed by atoms with Gasteiger partial charge in [-0.2, -0.15) is 0 Å². The van der Waals surface area contributed by atoms with Crippen molar-refractivity contribution in [2.24, 2.45) is 5.41 Å². The number of amides is 2. The first-order valence-electron chi connectivity index (χ1n) is 17.6. The summed E-state index contributed by atoms with van der Waals surface area (Å²) in [4.78, 5) is 29.5. The monoisotopic (exact) mass is 682 g/mol. The molecule has 0 aromatic heterocycles. The van der Waals surface area contributed by atoms with Gasteiger partial charge in [0.05, 0.1) is 24.4 Å². The number of carbonyl (C=O) groups is 2. The molecule has 5 atom stereocenters. The van der Waals surface area contributed by atoms with Crippen LogP contribution in [0.5, 0.6) is 0 Å². The highest BCUT2D eigenvalue weighted by Gasteiger charge is 2.57. The zero-order valence-electron chi connectivity index (χ0n) is 28.9. The minimum Gasteiger partial charge on any atom is -0.393 e. The number of halogens is 2. The van der Waals surface area contributed by atoms with Gasteiger partial charge in [-0.15, -0.1) is 0 Å². The summed E-state index contributed by atoms with van der Waals surface area (Å²) >= 11 is 6.36. The van der Waals surface area contributed by atoms with Gasteiger partial charge in [0.1, 0.15) is 5.82 Å². The summed E-state index contributed by atoms with van der Waals surface area (Å²) in [5, 5.41) is 26.9. The summed E-state index contributed by atoms with van der Waals surface area (Å²) in [5.74, 6) is -1.00. The minimum atomic E-state index is -1.26. The Morgan fingerprint density at radius 1 is 1.17 bits per heavy atom. The Kier molecular flexibility index (Phi) is 11.7. The van der Waals surface area contributed by atoms with Crippen molar-refractivity contribution in [1.82, 2.24) is 10.2 Å². The van der Waals surface area contributed by atoms with Gasteiger partial charge in [-0.1, -0.05) is 48.4 Å². The number of nitrogens with zero attached hydrogens (tertiary/aromatic N) is 1. The number of hydrogen-bond acceptors (Lipinski definition) is 5. The lowest BCUT2D eigenvalue weighted by molar-refractivity contribution is -0.0808. The van der Waals surface area contributed by atoms with Crippen LogP contribution >= 0.6 is 11.6 Å². The Hall–Kier alpha value is -2.78. The van der Waals surface area contributed by atoms with Crippen molar-refractivity contribution in [2.75, 3.05) is 19.7 Å². The second-order valence-electron chi connectivity index (χ2n) is 14.9. The maximum Gasteiger partial charge on any atom is 0.317 e. The second kappa shape index (κ2) is 15.4. The molecule has 0 radical (unpaired) electrons. The number of allylic oxidation sites excluding steroid dienone is 2. The molecule has 2 amide bonds. The molecule has 2 aromatic rings. The van der Waals surface area contributed by atoms with E-state index in [0.717, 1.165) is 30.4 Å². The molecule has 1 saturated carbocycles. The SMILES string of the molecule is CC1=CCCC2(C)C(CCC2(O)CN(CC2CCCO2)C(=O)NC(C)C)c2ccc(cc2C(=O)Cc2c(F)cccc2Cl)CC(O)CC1. The van der Waals surface area contributed by atoms with E-state index in [-0.39, 0.29) is 53.4 Å². The second-order valence-corrected chi connectivity index (χ2v) is 15.3. The highest BCUT2D eigenvalue weighted by atomic mass is 35.5. The van der Waals surface area contributed by atoms with Gasteiger partial charge in [0, 0.05) is 47.2 Å². The van der Waals surface area contributed by atoms with E-state index in [9.17, 15) is 24.2 Å². The van der Waals surface area contributed by atoms with Crippen LogP contribution in [0.3, 0.4) is 0 Å². The summed E-state index contributed by atoms with van der Waals surface area (Å²) in [5.41, 5.74) is 1.48. The van der Waals surface area contributed by atoms with E-state index in [1.807, 2.05) is 32.0 Å². The number of Topliss-reactive ketones (excluding diaryl/α,β-unsaturated/α-hetero) is 1. The number of rotatable bonds is 8. The number of aliphatic hydroxyl groups is 2. The number of ether oxygens (including phenoxy) is 1. The fourth-order valence-electron chi connectivity index (χ4n) is 8.11. The Balaban J connectivity index is 1.57. The predicted octanol–water partition coefficient (Wildman–Crippen LogP) is 7.54. The van der Waals surface area contributed by atoms with E-state index < -0.39 is 22.9 Å². The van der Waals surface area contributed by atoms with Crippen molar-refractivity contribution >= 4 is 23.4 Å². The van der Waals surface area contributed by atoms with Crippen LogP contribution in [-0.2, 0) is 17.6 Å². The Morgan fingerprint density at radius 2 is 1.96 bits per heavy atom. The van der Waals surface area contributed by atoms with E-state index in [4.69, 9.17) is 16.3 Å². The maximum absolute atomic E-state index is 14.9. The predicted molar refractivity (Wildman–Crippen MR) is 187 cm³/mol. The zero-order chi connectivity index (χ0) is 34.6. The maximum atomic E-state index is 14.9. The topological polar surface area (TPSA) is 99.1 Å². The normalized spacial score (nSPS) is 27.8. The van der Waals surface area contributed by atoms with Gasteiger partial charge in [-0.3, -0.25) is 4.79 Å². The summed E-state index contributed by atoms with van der Waals surface area (Å²) in [6, 6.07) is 9.91. The van der Waals surface area contributed by atoms with Gasteiger partial charge in [0.25, 0.3) is 0 Å². The molecule has 3 aliphatic carbocycles. The van der Waals surface area contributed by atoms with E-state index in [0.29, 0.717) is 57.2 Å². The van der Waals surface area contributed by atoms with Crippen LogP contribution < -0.4 is 5.32 Å². The first-order chi connectivity index (χ1) is 22.8. The van der Waals surface area contributed by atoms with Crippen LogP contribution in [0.4, 0.5) is 9.18 Å². The van der Waals surface area contributed by atoms with Gasteiger partial charge in [-0.25, -0.2) is 9.18 Å². The van der Waals surface area contributed by atoms with Gasteiger partial charge in [0.2, 0.25) is 0 Å². The zero-order valence-corrected chi connectivity index (χ0v) is 29.6. The van der Waals surface area contributed by atoms with Crippen molar-refractivity contribution in [2.45, 2.75) is 122 Å². The first kappa shape index (κ1) is 36.5. The van der Waals surface area contributed by atoms with E-state index in [1.165, 1.54) is 17.7 Å². The van der Waals surface area contributed by atoms with E-state index in [2.05, 4.69) is 25.2 Å². The number of urea groups is 1. The molecule has 4 aliphatic rings. The smallest absolute Gasteiger partial charge is 0.317 e. The summed E-state index contributed by atoms with van der Waals surface area (Å²) in [6.45, 7) is 9.23. The third-order valence-electron chi connectivity index (χ3n) is 11.0. The Bertz CT molecular complexity index is 1490. The quantitative estimate of drug-likeness (QED) is 0.197. The first-order valence-corrected chi connectivity index (χ1v) is 18.0. The molecular weight excluding hydrogens is 631 g/mol. The molecule has 2 bridgehead atoms. The number of fused-ring (bicyclic) bond motifs is 8. The number of carbonyl (C=O) groups excluding carboxylic acids is 2. The summed E-state index contributed by atoms with van der Waals surface area (Å²) < 4.78 is 20.8. The molecule has 5 unspecified atom stereocenters. The molecule has 6 rings (SSSR count). The Labute approximate surface area is 289 Å². The molecule has 2 fully saturated rings. The average molecular weight is 683 g/mol. The lowest BCUT2D eigenvalue weighted by atomic mass is 9.64. The van der Waals surface area contributed by atoms with E-state index in [1.54, 1.807) is 11.0 Å². The van der Waals surface area contributed by atoms with Crippen LogP contribution in [0.15, 0.2) is 48.0 Å². The molecule has 3 N–H and O–H groups in total. The number of aliphatic hydroxyl groups excluding tert-OH is 1. The number of ketones is 1. The third kappa shape index (κ3) is 8.15. The van der Waals surface area contributed by atoms with E-state index >= 15 is 0 Å².